The highest BCUT2D eigenvalue weighted by Crippen LogP contribution is 2.14. The molecule has 2 atom stereocenters. The van der Waals surface area contributed by atoms with E-state index >= 15 is 0 Å². The number of morpholine rings is 1. The van der Waals surface area contributed by atoms with Crippen LogP contribution < -0.4 is 0 Å². The molecule has 1 aliphatic heterocycles. The molecule has 0 unspecified atom stereocenters. The van der Waals surface area contributed by atoms with Crippen LogP contribution in [0.5, 0.6) is 0 Å². The van der Waals surface area contributed by atoms with E-state index in [0.717, 1.165) is 5.65 Å². The first kappa shape index (κ1) is 12.2. The van der Waals surface area contributed by atoms with E-state index in [1.165, 1.54) is 0 Å². The van der Waals surface area contributed by atoms with E-state index in [2.05, 4.69) is 4.98 Å². The van der Waals surface area contributed by atoms with Crippen LogP contribution in [0, 0.1) is 0 Å². The summed E-state index contributed by atoms with van der Waals surface area (Å²) in [7, 11) is 0. The number of ether oxygens (including phenoxy) is 1. The van der Waals surface area contributed by atoms with Crippen LogP contribution in [-0.2, 0) is 4.74 Å². The third kappa shape index (κ3) is 2.33. The summed E-state index contributed by atoms with van der Waals surface area (Å²) in [6.45, 7) is 5.22. The van der Waals surface area contributed by atoms with Crippen molar-refractivity contribution in [1.82, 2.24) is 14.3 Å². The van der Waals surface area contributed by atoms with Gasteiger partial charge in [0.1, 0.15) is 11.3 Å². The van der Waals surface area contributed by atoms with Crippen LogP contribution >= 0.6 is 0 Å². The summed E-state index contributed by atoms with van der Waals surface area (Å²) < 4.78 is 7.50. The predicted molar refractivity (Wildman–Crippen MR) is 71.1 cm³/mol. The number of hydrogen-bond donors (Lipinski definition) is 0. The Bertz CT molecular complexity index is 565. The highest BCUT2D eigenvalue weighted by atomic mass is 16.5. The number of rotatable bonds is 1. The standard InChI is InChI=1S/C14H17N3O2/c1-10-7-17(8-11(2)19-10)14(18)12-9-16-6-4-3-5-13(16)15-12/h3-6,9-11H,7-8H2,1-2H3/t10-,11+. The molecule has 5 heteroatoms. The SMILES string of the molecule is C[C@@H]1CN(C(=O)c2cn3ccccc3n2)C[C@H](C)O1. The van der Waals surface area contributed by atoms with E-state index < -0.39 is 0 Å². The Morgan fingerprint density at radius 2 is 2.05 bits per heavy atom. The van der Waals surface area contributed by atoms with E-state index in [-0.39, 0.29) is 18.1 Å². The molecule has 0 bridgehead atoms. The number of fused-ring (bicyclic) bond motifs is 1. The number of nitrogens with zero attached hydrogens (tertiary/aromatic N) is 3. The molecule has 19 heavy (non-hydrogen) atoms. The van der Waals surface area contributed by atoms with Gasteiger partial charge in [0, 0.05) is 25.5 Å². The zero-order chi connectivity index (χ0) is 13.4. The van der Waals surface area contributed by atoms with Crippen LogP contribution in [-0.4, -0.2) is 45.5 Å². The van der Waals surface area contributed by atoms with Gasteiger partial charge in [-0.15, -0.1) is 0 Å². The second kappa shape index (κ2) is 4.66. The molecular formula is C14H17N3O2. The molecule has 5 nitrogen and oxygen atoms in total. The summed E-state index contributed by atoms with van der Waals surface area (Å²) in [5.41, 5.74) is 1.28. The van der Waals surface area contributed by atoms with Crippen molar-refractivity contribution in [2.24, 2.45) is 0 Å². The van der Waals surface area contributed by atoms with Crippen molar-refractivity contribution >= 4 is 11.6 Å². The molecule has 0 aromatic carbocycles. The highest BCUT2D eigenvalue weighted by Gasteiger charge is 2.27. The van der Waals surface area contributed by atoms with Crippen LogP contribution in [0.25, 0.3) is 5.65 Å². The monoisotopic (exact) mass is 259 g/mol. The Labute approximate surface area is 111 Å². The summed E-state index contributed by atoms with van der Waals surface area (Å²) >= 11 is 0. The summed E-state index contributed by atoms with van der Waals surface area (Å²) in [6.07, 6.45) is 3.82. The van der Waals surface area contributed by atoms with Crippen LogP contribution in [0.2, 0.25) is 0 Å². The minimum Gasteiger partial charge on any atom is -0.372 e. The first-order valence-electron chi connectivity index (χ1n) is 6.52. The second-order valence-electron chi connectivity index (χ2n) is 5.06. The van der Waals surface area contributed by atoms with Gasteiger partial charge in [-0.1, -0.05) is 6.07 Å². The lowest BCUT2D eigenvalue weighted by Gasteiger charge is -2.34. The molecule has 0 radical (unpaired) electrons. The average Bonchev–Trinajstić information content (AvgIpc) is 2.80. The molecule has 2 aromatic heterocycles. The summed E-state index contributed by atoms with van der Waals surface area (Å²) in [6, 6.07) is 5.72. The van der Waals surface area contributed by atoms with Gasteiger partial charge >= 0.3 is 0 Å². The summed E-state index contributed by atoms with van der Waals surface area (Å²) in [4.78, 5) is 18.6. The van der Waals surface area contributed by atoms with Crippen LogP contribution in [0.4, 0.5) is 0 Å². The fourth-order valence-corrected chi connectivity index (χ4v) is 2.54. The zero-order valence-electron chi connectivity index (χ0n) is 11.1. The van der Waals surface area contributed by atoms with E-state index in [4.69, 9.17) is 4.74 Å². The lowest BCUT2D eigenvalue weighted by Crippen LogP contribution is -2.48. The van der Waals surface area contributed by atoms with E-state index in [9.17, 15) is 4.79 Å². The molecule has 2 aromatic rings. The van der Waals surface area contributed by atoms with E-state index in [1.807, 2.05) is 47.5 Å². The number of carbonyl (C=O) groups excluding carboxylic acids is 1. The molecule has 1 fully saturated rings. The van der Waals surface area contributed by atoms with Gasteiger partial charge in [-0.3, -0.25) is 4.79 Å². The largest absolute Gasteiger partial charge is 0.372 e. The lowest BCUT2D eigenvalue weighted by atomic mass is 10.2. The predicted octanol–water partition coefficient (Wildman–Crippen LogP) is 1.58. The molecule has 1 amide bonds. The Morgan fingerprint density at radius 1 is 1.32 bits per heavy atom. The maximum atomic E-state index is 12.5. The molecule has 3 heterocycles. The summed E-state index contributed by atoms with van der Waals surface area (Å²) in [5, 5.41) is 0. The van der Waals surface area contributed by atoms with Gasteiger partial charge in [0.05, 0.1) is 12.2 Å². The first-order chi connectivity index (χ1) is 9.13. The number of hydrogen-bond acceptors (Lipinski definition) is 3. The van der Waals surface area contributed by atoms with Crippen molar-refractivity contribution in [3.63, 3.8) is 0 Å². The molecule has 0 aliphatic carbocycles. The highest BCUT2D eigenvalue weighted by molar-refractivity contribution is 5.93. The molecule has 0 N–H and O–H groups in total. The van der Waals surface area contributed by atoms with Crippen molar-refractivity contribution < 1.29 is 9.53 Å². The zero-order valence-corrected chi connectivity index (χ0v) is 11.1. The molecular weight excluding hydrogens is 242 g/mol. The van der Waals surface area contributed by atoms with E-state index in [0.29, 0.717) is 18.8 Å². The van der Waals surface area contributed by atoms with Crippen molar-refractivity contribution in [3.05, 3.63) is 36.3 Å². The number of carbonyl (C=O) groups is 1. The van der Waals surface area contributed by atoms with Crippen molar-refractivity contribution in [2.45, 2.75) is 26.1 Å². The Morgan fingerprint density at radius 3 is 2.74 bits per heavy atom. The number of imidazole rings is 1. The molecule has 100 valence electrons. The lowest BCUT2D eigenvalue weighted by molar-refractivity contribution is -0.0587. The average molecular weight is 259 g/mol. The van der Waals surface area contributed by atoms with Crippen LogP contribution in [0.3, 0.4) is 0 Å². The van der Waals surface area contributed by atoms with Gasteiger partial charge in [-0.2, -0.15) is 0 Å². The van der Waals surface area contributed by atoms with Gasteiger partial charge < -0.3 is 14.0 Å². The minimum absolute atomic E-state index is 0.0225. The van der Waals surface area contributed by atoms with Crippen LogP contribution in [0.1, 0.15) is 24.3 Å². The fraction of sp³-hybridized carbons (Fsp3) is 0.429. The van der Waals surface area contributed by atoms with E-state index in [1.54, 1.807) is 6.20 Å². The maximum absolute atomic E-state index is 12.5. The quantitative estimate of drug-likeness (QED) is 0.781. The molecule has 0 spiro atoms. The smallest absolute Gasteiger partial charge is 0.274 e. The van der Waals surface area contributed by atoms with Crippen molar-refractivity contribution in [3.8, 4) is 0 Å². The Kier molecular flexibility index (Phi) is 2.98. The van der Waals surface area contributed by atoms with Crippen molar-refractivity contribution in [2.75, 3.05) is 13.1 Å². The van der Waals surface area contributed by atoms with Gasteiger partial charge in [0.15, 0.2) is 0 Å². The minimum atomic E-state index is -0.0225. The van der Waals surface area contributed by atoms with Gasteiger partial charge in [-0.25, -0.2) is 4.98 Å². The van der Waals surface area contributed by atoms with Crippen molar-refractivity contribution in [1.29, 1.82) is 0 Å². The van der Waals surface area contributed by atoms with Crippen LogP contribution in [0.15, 0.2) is 30.6 Å². The van der Waals surface area contributed by atoms with Gasteiger partial charge in [-0.05, 0) is 26.0 Å². The molecule has 1 saturated heterocycles. The second-order valence-corrected chi connectivity index (χ2v) is 5.06. The van der Waals surface area contributed by atoms with Gasteiger partial charge in [0.2, 0.25) is 0 Å². The molecule has 1 aliphatic rings. The number of pyridine rings is 1. The first-order valence-corrected chi connectivity index (χ1v) is 6.52. The van der Waals surface area contributed by atoms with Gasteiger partial charge in [0.25, 0.3) is 5.91 Å². The normalized spacial score (nSPS) is 23.8. The molecule has 0 saturated carbocycles. The number of aromatic nitrogens is 2. The fourth-order valence-electron chi connectivity index (χ4n) is 2.54. The topological polar surface area (TPSA) is 46.8 Å². The third-order valence-electron chi connectivity index (χ3n) is 3.29. The Balaban J connectivity index is 1.86. The summed E-state index contributed by atoms with van der Waals surface area (Å²) in [5.74, 6) is -0.0225. The number of amides is 1. The third-order valence-corrected chi connectivity index (χ3v) is 3.29. The Hall–Kier alpha value is -1.88. The molecule has 3 rings (SSSR count). The maximum Gasteiger partial charge on any atom is 0.274 e.